The van der Waals surface area contributed by atoms with E-state index in [2.05, 4.69) is 37.9 Å². The Morgan fingerprint density at radius 3 is 2.37 bits per heavy atom. The Labute approximate surface area is 192 Å². The van der Waals surface area contributed by atoms with E-state index < -0.39 is 0 Å². The van der Waals surface area contributed by atoms with E-state index in [-0.39, 0.29) is 12.4 Å². The number of halogens is 3. The molecular weight excluding hydrogens is 513 g/mol. The largest absolute Gasteiger partial charge is 0.490 e. The monoisotopic (exact) mass is 529 g/mol. The van der Waals surface area contributed by atoms with E-state index in [9.17, 15) is 9.65 Å². The zero-order chi connectivity index (χ0) is 21.5. The fourth-order valence-electron chi connectivity index (χ4n) is 2.79. The summed E-state index contributed by atoms with van der Waals surface area (Å²) in [6.45, 7) is 2.63. The van der Waals surface area contributed by atoms with Gasteiger partial charge in [-0.25, -0.2) is 4.39 Å². The van der Waals surface area contributed by atoms with Gasteiger partial charge in [-0.3, -0.25) is 0 Å². The maximum atomic E-state index is 13.1. The van der Waals surface area contributed by atoms with Gasteiger partial charge in [0.05, 0.1) is 22.7 Å². The van der Waals surface area contributed by atoms with Gasteiger partial charge in [-0.2, -0.15) is 5.26 Å². The third-order valence-electron chi connectivity index (χ3n) is 4.21. The van der Waals surface area contributed by atoms with Crippen LogP contribution in [0, 0.1) is 17.1 Å². The number of ether oxygens (including phenoxy) is 2. The molecule has 0 amide bonds. The van der Waals surface area contributed by atoms with Crippen molar-refractivity contribution in [1.29, 1.82) is 5.26 Å². The quantitative estimate of drug-likeness (QED) is 0.236. The highest BCUT2D eigenvalue weighted by atomic mass is 79.9. The summed E-state index contributed by atoms with van der Waals surface area (Å²) >= 11 is 6.95. The van der Waals surface area contributed by atoms with E-state index in [1.165, 1.54) is 12.1 Å². The summed E-state index contributed by atoms with van der Waals surface area (Å²) in [7, 11) is 0. The lowest BCUT2D eigenvalue weighted by Crippen LogP contribution is -2.01. The van der Waals surface area contributed by atoms with Gasteiger partial charge >= 0.3 is 0 Å². The average Bonchev–Trinajstić information content (AvgIpc) is 2.73. The Balaban J connectivity index is 1.90. The van der Waals surface area contributed by atoms with Gasteiger partial charge in [0, 0.05) is 4.47 Å². The van der Waals surface area contributed by atoms with Crippen LogP contribution in [0.5, 0.6) is 11.5 Å². The molecule has 3 aromatic rings. The van der Waals surface area contributed by atoms with E-state index in [0.717, 1.165) is 21.2 Å². The molecule has 0 heterocycles. The lowest BCUT2D eigenvalue weighted by molar-refractivity contribution is 0.267. The summed E-state index contributed by atoms with van der Waals surface area (Å²) in [6, 6.07) is 19.7. The number of allylic oxidation sites excluding steroid dienone is 1. The Morgan fingerprint density at radius 2 is 1.73 bits per heavy atom. The van der Waals surface area contributed by atoms with Crippen molar-refractivity contribution in [2.45, 2.75) is 13.5 Å². The van der Waals surface area contributed by atoms with Gasteiger partial charge in [-0.1, -0.05) is 40.2 Å². The van der Waals surface area contributed by atoms with Crippen molar-refractivity contribution in [1.82, 2.24) is 0 Å². The number of nitrogens with zero attached hydrogens (tertiary/aromatic N) is 1. The van der Waals surface area contributed by atoms with Crippen molar-refractivity contribution in [2.75, 3.05) is 6.61 Å². The van der Waals surface area contributed by atoms with Gasteiger partial charge < -0.3 is 9.47 Å². The van der Waals surface area contributed by atoms with Crippen molar-refractivity contribution in [3.05, 3.63) is 92.1 Å². The lowest BCUT2D eigenvalue weighted by atomic mass is 10.0. The van der Waals surface area contributed by atoms with Crippen LogP contribution in [0.1, 0.15) is 23.6 Å². The molecule has 0 radical (unpaired) electrons. The minimum atomic E-state index is -0.287. The minimum Gasteiger partial charge on any atom is -0.490 e. The molecule has 0 bridgehead atoms. The van der Waals surface area contributed by atoms with E-state index in [0.29, 0.717) is 28.2 Å². The summed E-state index contributed by atoms with van der Waals surface area (Å²) in [4.78, 5) is 0. The second-order valence-electron chi connectivity index (χ2n) is 6.35. The second-order valence-corrected chi connectivity index (χ2v) is 8.12. The summed E-state index contributed by atoms with van der Waals surface area (Å²) in [5.41, 5.74) is 3.01. The van der Waals surface area contributed by atoms with Crippen molar-refractivity contribution in [2.24, 2.45) is 0 Å². The predicted molar refractivity (Wildman–Crippen MR) is 124 cm³/mol. The summed E-state index contributed by atoms with van der Waals surface area (Å²) in [5, 5.41) is 9.61. The highest BCUT2D eigenvalue weighted by Gasteiger charge is 2.13. The van der Waals surface area contributed by atoms with Crippen LogP contribution in [0.3, 0.4) is 0 Å². The molecule has 0 saturated carbocycles. The molecule has 0 atom stereocenters. The van der Waals surface area contributed by atoms with E-state index in [1.54, 1.807) is 18.2 Å². The molecule has 3 aromatic carbocycles. The number of rotatable bonds is 7. The summed E-state index contributed by atoms with van der Waals surface area (Å²) < 4.78 is 26.5. The first-order valence-corrected chi connectivity index (χ1v) is 10.8. The maximum absolute atomic E-state index is 13.1. The normalized spacial score (nSPS) is 11.1. The first-order valence-electron chi connectivity index (χ1n) is 9.21. The zero-order valence-electron chi connectivity index (χ0n) is 16.2. The third-order valence-corrected chi connectivity index (χ3v) is 5.33. The molecule has 6 heteroatoms. The fraction of sp³-hybridized carbons (Fsp3) is 0.125. The van der Waals surface area contributed by atoms with Crippen molar-refractivity contribution in [3.8, 4) is 17.6 Å². The van der Waals surface area contributed by atoms with Crippen LogP contribution in [0.25, 0.3) is 11.6 Å². The van der Waals surface area contributed by atoms with E-state index >= 15 is 0 Å². The summed E-state index contributed by atoms with van der Waals surface area (Å²) in [5.74, 6) is 0.832. The Kier molecular flexibility index (Phi) is 7.67. The zero-order valence-corrected chi connectivity index (χ0v) is 19.3. The van der Waals surface area contributed by atoms with Gasteiger partial charge in [0.1, 0.15) is 12.4 Å². The SMILES string of the molecule is CCOc1cc(/C=C(\C#N)c2ccc(Br)cc2)cc(Br)c1OCc1ccc(F)cc1. The number of hydrogen-bond acceptors (Lipinski definition) is 3. The van der Waals surface area contributed by atoms with Crippen LogP contribution in [0.15, 0.2) is 69.6 Å². The molecule has 3 rings (SSSR count). The molecule has 0 fully saturated rings. The molecule has 0 unspecified atom stereocenters. The van der Waals surface area contributed by atoms with Crippen LogP contribution >= 0.6 is 31.9 Å². The molecular formula is C24H18Br2FNO2. The maximum Gasteiger partial charge on any atom is 0.175 e. The molecule has 152 valence electrons. The predicted octanol–water partition coefficient (Wildman–Crippen LogP) is 7.39. The number of hydrogen-bond donors (Lipinski definition) is 0. The van der Waals surface area contributed by atoms with Gasteiger partial charge in [0.2, 0.25) is 0 Å². The van der Waals surface area contributed by atoms with Gasteiger partial charge in [0.25, 0.3) is 0 Å². The van der Waals surface area contributed by atoms with Crippen LogP contribution in [-0.4, -0.2) is 6.61 Å². The van der Waals surface area contributed by atoms with Crippen LogP contribution in [0.2, 0.25) is 0 Å². The minimum absolute atomic E-state index is 0.274. The molecule has 0 aliphatic carbocycles. The van der Waals surface area contributed by atoms with Gasteiger partial charge in [-0.15, -0.1) is 0 Å². The van der Waals surface area contributed by atoms with Gasteiger partial charge in [-0.05, 0) is 82.0 Å². The molecule has 0 spiro atoms. The first kappa shape index (κ1) is 22.1. The van der Waals surface area contributed by atoms with Crippen molar-refractivity contribution >= 4 is 43.5 Å². The molecule has 3 nitrogen and oxygen atoms in total. The Morgan fingerprint density at radius 1 is 1.03 bits per heavy atom. The molecule has 0 saturated heterocycles. The lowest BCUT2D eigenvalue weighted by Gasteiger charge is -2.15. The smallest absolute Gasteiger partial charge is 0.175 e. The standard InChI is InChI=1S/C24H18Br2FNO2/c1-2-29-23-13-17(11-19(14-28)18-5-7-20(25)8-6-18)12-22(26)24(23)30-15-16-3-9-21(27)10-4-16/h3-13H,2,15H2,1H3/b19-11+. The van der Waals surface area contributed by atoms with Gasteiger partial charge in [0.15, 0.2) is 11.5 Å². The first-order chi connectivity index (χ1) is 14.5. The highest BCUT2D eigenvalue weighted by Crippen LogP contribution is 2.38. The molecule has 30 heavy (non-hydrogen) atoms. The molecule has 0 aliphatic rings. The highest BCUT2D eigenvalue weighted by molar-refractivity contribution is 9.10. The molecule has 0 N–H and O–H groups in total. The average molecular weight is 531 g/mol. The van der Waals surface area contributed by atoms with Crippen molar-refractivity contribution in [3.63, 3.8) is 0 Å². The van der Waals surface area contributed by atoms with Crippen LogP contribution in [-0.2, 0) is 6.61 Å². The number of benzene rings is 3. The summed E-state index contributed by atoms with van der Waals surface area (Å²) in [6.07, 6.45) is 1.81. The third kappa shape index (κ3) is 5.71. The molecule has 0 aliphatic heterocycles. The van der Waals surface area contributed by atoms with Crippen LogP contribution < -0.4 is 9.47 Å². The fourth-order valence-corrected chi connectivity index (χ4v) is 3.63. The second kappa shape index (κ2) is 10.4. The Hall–Kier alpha value is -2.62. The number of nitriles is 1. The Bertz CT molecular complexity index is 1090. The topological polar surface area (TPSA) is 42.2 Å². The van der Waals surface area contributed by atoms with Crippen LogP contribution in [0.4, 0.5) is 4.39 Å². The molecule has 0 aromatic heterocycles. The van der Waals surface area contributed by atoms with Crippen molar-refractivity contribution < 1.29 is 13.9 Å². The van der Waals surface area contributed by atoms with E-state index in [1.807, 2.05) is 43.3 Å². The van der Waals surface area contributed by atoms with E-state index in [4.69, 9.17) is 9.47 Å².